The Hall–Kier alpha value is -1.75. The second-order valence-electron chi connectivity index (χ2n) is 8.27. The minimum Gasteiger partial charge on any atom is -0.430 e. The zero-order valence-corrected chi connectivity index (χ0v) is 16.5. The first-order valence-electron chi connectivity index (χ1n) is 9.23. The van der Waals surface area contributed by atoms with E-state index in [0.29, 0.717) is 6.04 Å². The molecule has 1 atom stereocenters. The zero-order valence-electron chi connectivity index (χ0n) is 16.5. The summed E-state index contributed by atoms with van der Waals surface area (Å²) in [5.74, 6) is 0. The van der Waals surface area contributed by atoms with Crippen molar-refractivity contribution in [3.63, 3.8) is 0 Å². The van der Waals surface area contributed by atoms with Crippen LogP contribution < -0.4 is 5.32 Å². The maximum Gasteiger partial charge on any atom is 0.547 e. The molecule has 0 radical (unpaired) electrons. The summed E-state index contributed by atoms with van der Waals surface area (Å²) in [7, 11) is 0. The summed E-state index contributed by atoms with van der Waals surface area (Å²) in [4.78, 5) is 2.43. The molecule has 1 aliphatic heterocycles. The average Bonchev–Trinajstić information content (AvgIpc) is 2.47. The first-order chi connectivity index (χ1) is 11.6. The number of anilines is 1. The maximum absolute atomic E-state index is 10.3. The number of nitrogens with zero attached hydrogens (tertiary/aromatic N) is 2. The number of piperazine rings is 1. The molecule has 0 aromatic heterocycles. The normalized spacial score (nSPS) is 21.3. The summed E-state index contributed by atoms with van der Waals surface area (Å²) < 4.78 is 7.57. The molecule has 1 fully saturated rings. The Morgan fingerprint density at radius 2 is 1.96 bits per heavy atom. The van der Waals surface area contributed by atoms with Crippen molar-refractivity contribution in [1.29, 1.82) is 0 Å². The van der Waals surface area contributed by atoms with Gasteiger partial charge in [0.2, 0.25) is 0 Å². The fraction of sp³-hybridized carbons (Fsp3) is 0.650. The molecule has 1 heterocycles. The van der Waals surface area contributed by atoms with E-state index in [-0.39, 0.29) is 17.7 Å². The lowest BCUT2D eigenvalue weighted by molar-refractivity contribution is -0.590. The second kappa shape index (κ2) is 8.09. The Kier molecular flexibility index (Phi) is 6.33. The number of nitrogens with one attached hydrogen (secondary N) is 1. The summed E-state index contributed by atoms with van der Waals surface area (Å²) in [6.07, 6.45) is 0.0452. The van der Waals surface area contributed by atoms with E-state index in [0.717, 1.165) is 31.9 Å². The van der Waals surface area contributed by atoms with Crippen molar-refractivity contribution < 1.29 is 14.4 Å². The number of rotatable bonds is 4. The van der Waals surface area contributed by atoms with Crippen LogP contribution in [0.1, 0.15) is 47.1 Å². The number of hydrogen-bond acceptors (Lipinski definition) is 3. The molecule has 0 amide bonds. The molecule has 5 heteroatoms. The van der Waals surface area contributed by atoms with Gasteiger partial charge >= 0.3 is 6.08 Å². The van der Waals surface area contributed by atoms with Crippen LogP contribution >= 0.6 is 0 Å². The Bertz CT molecular complexity index is 588. The molecule has 1 saturated heterocycles. The van der Waals surface area contributed by atoms with Gasteiger partial charge in [-0.3, -0.25) is 4.90 Å². The lowest BCUT2D eigenvalue weighted by Gasteiger charge is -2.29. The minimum absolute atomic E-state index is 0.0452. The van der Waals surface area contributed by atoms with Crippen molar-refractivity contribution in [2.75, 3.05) is 25.0 Å². The molecule has 1 aromatic carbocycles. The third-order valence-electron chi connectivity index (χ3n) is 4.17. The largest absolute Gasteiger partial charge is 0.547 e. The van der Waals surface area contributed by atoms with Crippen LogP contribution in [0.5, 0.6) is 0 Å². The van der Waals surface area contributed by atoms with Gasteiger partial charge in [-0.05, 0) is 59.2 Å². The van der Waals surface area contributed by atoms with Gasteiger partial charge in [0, 0.05) is 18.3 Å². The third-order valence-corrected chi connectivity index (χ3v) is 4.17. The predicted octanol–water partition coefficient (Wildman–Crippen LogP) is 3.45. The van der Waals surface area contributed by atoms with Crippen LogP contribution in [-0.2, 0) is 11.3 Å². The molecule has 140 valence electrons. The summed E-state index contributed by atoms with van der Waals surface area (Å²) in [5, 5.41) is 13.7. The quantitative estimate of drug-likeness (QED) is 0.646. The first-order valence-corrected chi connectivity index (χ1v) is 9.23. The number of hydrogen-bond donors (Lipinski definition) is 2. The maximum atomic E-state index is 10.3. The van der Waals surface area contributed by atoms with Gasteiger partial charge in [-0.15, -0.1) is 0 Å². The van der Waals surface area contributed by atoms with Crippen LogP contribution in [0.15, 0.2) is 24.3 Å². The Balaban J connectivity index is 1.93. The first kappa shape index (κ1) is 19.6. The van der Waals surface area contributed by atoms with E-state index in [2.05, 4.69) is 55.3 Å². The van der Waals surface area contributed by atoms with E-state index in [1.165, 1.54) is 5.56 Å². The van der Waals surface area contributed by atoms with Gasteiger partial charge in [0.1, 0.15) is 5.60 Å². The molecule has 1 aromatic rings. The van der Waals surface area contributed by atoms with E-state index in [1.807, 2.05) is 25.3 Å². The number of ether oxygens (including phenoxy) is 1. The fourth-order valence-corrected chi connectivity index (χ4v) is 3.09. The van der Waals surface area contributed by atoms with Crippen LogP contribution in [0.3, 0.4) is 0 Å². The van der Waals surface area contributed by atoms with E-state index in [1.54, 1.807) is 0 Å². The average molecular weight is 349 g/mol. The highest BCUT2D eigenvalue weighted by atomic mass is 16.6. The van der Waals surface area contributed by atoms with Gasteiger partial charge in [-0.1, -0.05) is 12.1 Å². The summed E-state index contributed by atoms with van der Waals surface area (Å²) in [5.41, 5.74) is 2.09. The van der Waals surface area contributed by atoms with Crippen molar-refractivity contribution in [3.05, 3.63) is 29.8 Å². The van der Waals surface area contributed by atoms with Crippen molar-refractivity contribution in [1.82, 2.24) is 4.90 Å². The second-order valence-corrected chi connectivity index (χ2v) is 8.27. The number of aliphatic hydroxyl groups is 1. The minimum atomic E-state index is -0.382. The molecule has 0 unspecified atom stereocenters. The molecule has 25 heavy (non-hydrogen) atoms. The van der Waals surface area contributed by atoms with Gasteiger partial charge in [-0.25, -0.2) is 0 Å². The van der Waals surface area contributed by atoms with Crippen LogP contribution in [0, 0.1) is 0 Å². The van der Waals surface area contributed by atoms with Gasteiger partial charge in [0.25, 0.3) is 0 Å². The topological polar surface area (TPSA) is 47.7 Å². The van der Waals surface area contributed by atoms with Gasteiger partial charge in [0.15, 0.2) is 12.6 Å². The number of aliphatic hydroxyl groups excluding tert-OH is 1. The summed E-state index contributed by atoms with van der Waals surface area (Å²) in [6.45, 7) is 15.8. The van der Waals surface area contributed by atoms with Gasteiger partial charge in [0.05, 0.1) is 13.1 Å². The third kappa shape index (κ3) is 6.24. The van der Waals surface area contributed by atoms with E-state index >= 15 is 0 Å². The van der Waals surface area contributed by atoms with Crippen LogP contribution in [0.4, 0.5) is 5.69 Å². The molecule has 0 saturated carbocycles. The predicted molar refractivity (Wildman–Crippen MR) is 104 cm³/mol. The molecule has 5 nitrogen and oxygen atoms in total. The Morgan fingerprint density at radius 1 is 1.32 bits per heavy atom. The molecule has 0 aliphatic carbocycles. The highest BCUT2D eigenvalue weighted by molar-refractivity contribution is 5.58. The molecular weight excluding hydrogens is 314 g/mol. The van der Waals surface area contributed by atoms with E-state index in [4.69, 9.17) is 4.74 Å². The fourth-order valence-electron chi connectivity index (χ4n) is 3.09. The smallest absolute Gasteiger partial charge is 0.430 e. The standard InChI is InChI=1S/C20H33N3O2/c1-15(2)21-18-9-7-17(8-10-18)14-22-11-12-23(16(3)13-22)19(24)25-20(4,5)6/h7-10,15-16,21H,11-14H2,1-6H3/p+1/t16-/m0/s1. The molecule has 2 N–H and O–H groups in total. The van der Waals surface area contributed by atoms with Crippen molar-refractivity contribution >= 4 is 11.8 Å². The van der Waals surface area contributed by atoms with Crippen LogP contribution in [-0.4, -0.2) is 58.0 Å². The molecule has 2 rings (SSSR count). The van der Waals surface area contributed by atoms with Crippen molar-refractivity contribution in [3.8, 4) is 0 Å². The van der Waals surface area contributed by atoms with E-state index < -0.39 is 0 Å². The van der Waals surface area contributed by atoms with Gasteiger partial charge in [-0.2, -0.15) is 4.58 Å². The highest BCUT2D eigenvalue weighted by Crippen LogP contribution is 2.15. The Labute approximate surface area is 152 Å². The van der Waals surface area contributed by atoms with Crippen LogP contribution in [0.2, 0.25) is 0 Å². The van der Waals surface area contributed by atoms with Crippen molar-refractivity contribution in [2.45, 2.75) is 65.8 Å². The van der Waals surface area contributed by atoms with Crippen molar-refractivity contribution in [2.24, 2.45) is 0 Å². The van der Waals surface area contributed by atoms with Gasteiger partial charge < -0.3 is 15.2 Å². The lowest BCUT2D eigenvalue weighted by atomic mass is 10.1. The summed E-state index contributed by atoms with van der Waals surface area (Å²) in [6, 6.07) is 9.33. The SMILES string of the molecule is CC(C)Nc1ccc(CN2CC[N+](=C(O)OC(C)(C)C)[C@@H](C)C2)cc1. The van der Waals surface area contributed by atoms with E-state index in [9.17, 15) is 5.11 Å². The molecular formula is C20H34N3O2+. The highest BCUT2D eigenvalue weighted by Gasteiger charge is 2.32. The molecule has 1 aliphatic rings. The van der Waals surface area contributed by atoms with Crippen LogP contribution in [0.25, 0.3) is 0 Å². The monoisotopic (exact) mass is 348 g/mol. The molecule has 0 spiro atoms. The number of benzene rings is 1. The Morgan fingerprint density at radius 3 is 2.48 bits per heavy atom. The zero-order chi connectivity index (χ0) is 18.6. The molecule has 0 bridgehead atoms. The summed E-state index contributed by atoms with van der Waals surface area (Å²) >= 11 is 0. The lowest BCUT2D eigenvalue weighted by Crippen LogP contribution is -2.50.